The van der Waals surface area contributed by atoms with Crippen LogP contribution in [-0.4, -0.2) is 21.9 Å². The normalized spacial score (nSPS) is 14.3. The Morgan fingerprint density at radius 2 is 2.33 bits per heavy atom. The molecule has 82 valence electrons. The van der Waals surface area contributed by atoms with Gasteiger partial charge in [-0.2, -0.15) is 0 Å². The fourth-order valence-electron chi connectivity index (χ4n) is 1.09. The van der Waals surface area contributed by atoms with Crippen molar-refractivity contribution in [3.05, 3.63) is 18.6 Å². The number of hydrogen-bond donors (Lipinski definition) is 2. The zero-order valence-corrected chi connectivity index (χ0v) is 8.97. The highest BCUT2D eigenvalue weighted by Gasteiger charge is 2.19. The van der Waals surface area contributed by atoms with E-state index in [2.05, 4.69) is 15.3 Å². The van der Waals surface area contributed by atoms with E-state index in [-0.39, 0.29) is 11.8 Å². The summed E-state index contributed by atoms with van der Waals surface area (Å²) in [5.41, 5.74) is 5.76. The number of carbonyl (C=O) groups is 1. The molecule has 0 radical (unpaired) electrons. The third kappa shape index (κ3) is 3.28. The van der Waals surface area contributed by atoms with Crippen molar-refractivity contribution >= 4 is 11.7 Å². The molecule has 0 saturated heterocycles. The standard InChI is InChI=1S/C10H16N4O/c1-3-7(2)9(11)10(15)14-8-6-12-4-5-13-8/h4-7,9H,3,11H2,1-2H3,(H,13,14,15)/t7-,9-/m0/s1. The molecular formula is C10H16N4O. The molecule has 0 bridgehead atoms. The van der Waals surface area contributed by atoms with Crippen LogP contribution in [0, 0.1) is 5.92 Å². The number of nitrogens with zero attached hydrogens (tertiary/aromatic N) is 2. The molecule has 0 fully saturated rings. The highest BCUT2D eigenvalue weighted by atomic mass is 16.2. The van der Waals surface area contributed by atoms with E-state index in [4.69, 9.17) is 5.73 Å². The van der Waals surface area contributed by atoms with Crippen molar-refractivity contribution in [2.45, 2.75) is 26.3 Å². The molecule has 0 unspecified atom stereocenters. The molecule has 15 heavy (non-hydrogen) atoms. The maximum absolute atomic E-state index is 11.6. The van der Waals surface area contributed by atoms with Gasteiger partial charge in [-0.15, -0.1) is 0 Å². The van der Waals surface area contributed by atoms with Crippen LogP contribution in [0.1, 0.15) is 20.3 Å². The Hall–Kier alpha value is -1.49. The molecule has 5 heteroatoms. The lowest BCUT2D eigenvalue weighted by atomic mass is 9.99. The second kappa shape index (κ2) is 5.41. The Balaban J connectivity index is 2.56. The number of hydrogen-bond acceptors (Lipinski definition) is 4. The van der Waals surface area contributed by atoms with E-state index in [1.165, 1.54) is 12.4 Å². The summed E-state index contributed by atoms with van der Waals surface area (Å²) in [5.74, 6) is 0.368. The molecule has 2 atom stereocenters. The number of rotatable bonds is 4. The molecule has 0 aromatic carbocycles. The second-order valence-electron chi connectivity index (χ2n) is 3.49. The average Bonchev–Trinajstić information content (AvgIpc) is 2.28. The van der Waals surface area contributed by atoms with Gasteiger partial charge in [-0.1, -0.05) is 20.3 Å². The first-order valence-corrected chi connectivity index (χ1v) is 4.97. The highest BCUT2D eigenvalue weighted by molar-refractivity contribution is 5.93. The van der Waals surface area contributed by atoms with Gasteiger partial charge in [-0.3, -0.25) is 9.78 Å². The minimum Gasteiger partial charge on any atom is -0.320 e. The first-order valence-electron chi connectivity index (χ1n) is 4.97. The van der Waals surface area contributed by atoms with Crippen LogP contribution in [-0.2, 0) is 4.79 Å². The number of carbonyl (C=O) groups excluding carboxylic acids is 1. The van der Waals surface area contributed by atoms with Crippen LogP contribution in [0.25, 0.3) is 0 Å². The Morgan fingerprint density at radius 1 is 1.60 bits per heavy atom. The topological polar surface area (TPSA) is 80.9 Å². The molecule has 1 aromatic rings. The number of anilines is 1. The maximum atomic E-state index is 11.6. The van der Waals surface area contributed by atoms with Crippen molar-refractivity contribution in [1.29, 1.82) is 0 Å². The van der Waals surface area contributed by atoms with Crippen molar-refractivity contribution in [2.24, 2.45) is 11.7 Å². The van der Waals surface area contributed by atoms with Crippen molar-refractivity contribution < 1.29 is 4.79 Å². The molecule has 5 nitrogen and oxygen atoms in total. The zero-order chi connectivity index (χ0) is 11.3. The monoisotopic (exact) mass is 208 g/mol. The van der Waals surface area contributed by atoms with E-state index in [0.717, 1.165) is 6.42 Å². The summed E-state index contributed by atoms with van der Waals surface area (Å²) in [6.45, 7) is 3.95. The minimum atomic E-state index is -0.503. The summed E-state index contributed by atoms with van der Waals surface area (Å²) in [4.78, 5) is 19.4. The smallest absolute Gasteiger partial charge is 0.242 e. The molecule has 1 aromatic heterocycles. The first kappa shape index (κ1) is 11.6. The molecule has 0 aliphatic rings. The van der Waals surface area contributed by atoms with E-state index in [9.17, 15) is 4.79 Å². The van der Waals surface area contributed by atoms with Gasteiger partial charge in [0.2, 0.25) is 5.91 Å². The van der Waals surface area contributed by atoms with E-state index < -0.39 is 6.04 Å². The van der Waals surface area contributed by atoms with Gasteiger partial charge in [0.05, 0.1) is 12.2 Å². The van der Waals surface area contributed by atoms with Crippen molar-refractivity contribution in [2.75, 3.05) is 5.32 Å². The van der Waals surface area contributed by atoms with Crippen molar-refractivity contribution in [3.63, 3.8) is 0 Å². The Kier molecular flexibility index (Phi) is 4.17. The first-order chi connectivity index (χ1) is 7.15. The molecule has 1 rings (SSSR count). The molecule has 3 N–H and O–H groups in total. The largest absolute Gasteiger partial charge is 0.320 e. The van der Waals surface area contributed by atoms with Gasteiger partial charge in [0.25, 0.3) is 0 Å². The molecule has 0 saturated carbocycles. The number of amides is 1. The molecule has 1 amide bonds. The highest BCUT2D eigenvalue weighted by Crippen LogP contribution is 2.07. The molecule has 0 spiro atoms. The SMILES string of the molecule is CC[C@H](C)[C@H](N)C(=O)Nc1cnccn1. The van der Waals surface area contributed by atoms with Gasteiger partial charge in [-0.05, 0) is 5.92 Å². The maximum Gasteiger partial charge on any atom is 0.242 e. The fourth-order valence-corrected chi connectivity index (χ4v) is 1.09. The van der Waals surface area contributed by atoms with Gasteiger partial charge in [-0.25, -0.2) is 4.98 Å². The number of aromatic nitrogens is 2. The molecule has 1 heterocycles. The second-order valence-corrected chi connectivity index (χ2v) is 3.49. The third-order valence-corrected chi connectivity index (χ3v) is 2.37. The van der Waals surface area contributed by atoms with E-state index in [1.807, 2.05) is 13.8 Å². The minimum absolute atomic E-state index is 0.154. The van der Waals surface area contributed by atoms with Crippen LogP contribution in [0.4, 0.5) is 5.82 Å². The van der Waals surface area contributed by atoms with E-state index >= 15 is 0 Å². The van der Waals surface area contributed by atoms with Gasteiger partial charge in [0, 0.05) is 12.4 Å². The Morgan fingerprint density at radius 3 is 2.87 bits per heavy atom. The Labute approximate surface area is 89.1 Å². The molecular weight excluding hydrogens is 192 g/mol. The van der Waals surface area contributed by atoms with Crippen LogP contribution in [0.3, 0.4) is 0 Å². The summed E-state index contributed by atoms with van der Waals surface area (Å²) >= 11 is 0. The summed E-state index contributed by atoms with van der Waals surface area (Å²) in [7, 11) is 0. The Bertz CT molecular complexity index is 314. The third-order valence-electron chi connectivity index (χ3n) is 2.37. The van der Waals surface area contributed by atoms with Crippen LogP contribution in [0.5, 0.6) is 0 Å². The van der Waals surface area contributed by atoms with Gasteiger partial charge < -0.3 is 11.1 Å². The summed E-state index contributed by atoms with van der Waals surface area (Å²) in [6, 6.07) is -0.503. The van der Waals surface area contributed by atoms with Gasteiger partial charge in [0.1, 0.15) is 0 Å². The van der Waals surface area contributed by atoms with Crippen LogP contribution in [0.2, 0.25) is 0 Å². The van der Waals surface area contributed by atoms with Crippen molar-refractivity contribution in [1.82, 2.24) is 9.97 Å². The van der Waals surface area contributed by atoms with E-state index in [1.54, 1.807) is 6.20 Å². The summed E-state index contributed by atoms with van der Waals surface area (Å²) in [5, 5.41) is 2.62. The lowest BCUT2D eigenvalue weighted by Crippen LogP contribution is -2.40. The quantitative estimate of drug-likeness (QED) is 0.766. The summed E-state index contributed by atoms with van der Waals surface area (Å²) < 4.78 is 0. The lowest BCUT2D eigenvalue weighted by molar-refractivity contribution is -0.118. The van der Waals surface area contributed by atoms with Gasteiger partial charge >= 0.3 is 0 Å². The predicted octanol–water partition coefficient (Wildman–Crippen LogP) is 0.788. The number of nitrogens with one attached hydrogen (secondary N) is 1. The van der Waals surface area contributed by atoms with E-state index in [0.29, 0.717) is 5.82 Å². The fraction of sp³-hybridized carbons (Fsp3) is 0.500. The van der Waals surface area contributed by atoms with Crippen LogP contribution < -0.4 is 11.1 Å². The summed E-state index contributed by atoms with van der Waals surface area (Å²) in [6.07, 6.45) is 5.42. The molecule has 0 aliphatic heterocycles. The van der Waals surface area contributed by atoms with Gasteiger partial charge in [0.15, 0.2) is 5.82 Å². The zero-order valence-electron chi connectivity index (χ0n) is 8.97. The lowest BCUT2D eigenvalue weighted by Gasteiger charge is -2.16. The van der Waals surface area contributed by atoms with Crippen molar-refractivity contribution in [3.8, 4) is 0 Å². The van der Waals surface area contributed by atoms with Crippen LogP contribution >= 0.6 is 0 Å². The average molecular weight is 208 g/mol. The molecule has 0 aliphatic carbocycles. The number of nitrogens with two attached hydrogens (primary N) is 1. The predicted molar refractivity (Wildman–Crippen MR) is 58.1 cm³/mol. The van der Waals surface area contributed by atoms with Crippen LogP contribution in [0.15, 0.2) is 18.6 Å².